The van der Waals surface area contributed by atoms with Crippen LogP contribution in [0.2, 0.25) is 0 Å². The summed E-state index contributed by atoms with van der Waals surface area (Å²) in [6.07, 6.45) is 2.79. The van der Waals surface area contributed by atoms with Crippen LogP contribution in [-0.2, 0) is 32.1 Å². The minimum absolute atomic E-state index is 0.00298. The van der Waals surface area contributed by atoms with Gasteiger partial charge in [-0.25, -0.2) is 9.80 Å². The standard InChI is InChI=1S/C38H54BrN5O6/c1-10-22-40-32(45)30(36(3,4)5)41-34(47)38(49,24-27-15-13-26(11-2)14-16-27)21-12-23-44(25-28-17-19-29(39)20-18-28)43-33(46)31(37(6,7)8)42-35(48)50-9/h10-11,13-20,30-31,49H,1-2,12,21-25H2,3-9H3,(H,40,45)(H,41,47)(H,42,48)(H,43,46)/t30-,31-,38+/m1/s1. The van der Waals surface area contributed by atoms with Gasteiger partial charge in [-0.1, -0.05) is 113 Å². The monoisotopic (exact) mass is 755 g/mol. The van der Waals surface area contributed by atoms with E-state index in [1.807, 2.05) is 90.1 Å². The van der Waals surface area contributed by atoms with Gasteiger partial charge in [-0.3, -0.25) is 19.8 Å². The fourth-order valence-corrected chi connectivity index (χ4v) is 5.49. The number of carbonyl (C=O) groups is 4. The summed E-state index contributed by atoms with van der Waals surface area (Å²) in [6.45, 7) is 19.2. The average Bonchev–Trinajstić information content (AvgIpc) is 3.04. The molecule has 2 aromatic rings. The van der Waals surface area contributed by atoms with E-state index in [0.717, 1.165) is 21.2 Å². The maximum Gasteiger partial charge on any atom is 0.407 e. The van der Waals surface area contributed by atoms with Crippen molar-refractivity contribution in [2.45, 2.75) is 85.0 Å². The highest BCUT2D eigenvalue weighted by Crippen LogP contribution is 2.26. The highest BCUT2D eigenvalue weighted by molar-refractivity contribution is 9.10. The molecule has 4 amide bonds. The van der Waals surface area contributed by atoms with Crippen LogP contribution in [-0.4, -0.2) is 71.8 Å². The Balaban J connectivity index is 2.41. The molecule has 2 rings (SSSR count). The number of hydrogen-bond acceptors (Lipinski definition) is 7. The number of methoxy groups -OCH3 is 1. The number of hydrogen-bond donors (Lipinski definition) is 5. The van der Waals surface area contributed by atoms with E-state index in [4.69, 9.17) is 4.74 Å². The van der Waals surface area contributed by atoms with E-state index in [9.17, 15) is 24.3 Å². The molecule has 0 unspecified atom stereocenters. The number of nitrogens with one attached hydrogen (secondary N) is 4. The quantitative estimate of drug-likeness (QED) is 0.109. The lowest BCUT2D eigenvalue weighted by atomic mass is 9.83. The van der Waals surface area contributed by atoms with Gasteiger partial charge in [-0.15, -0.1) is 6.58 Å². The van der Waals surface area contributed by atoms with Gasteiger partial charge in [-0.2, -0.15) is 0 Å². The fourth-order valence-electron chi connectivity index (χ4n) is 5.23. The Bertz CT molecular complexity index is 1470. The second kappa shape index (κ2) is 18.8. The number of rotatable bonds is 17. The van der Waals surface area contributed by atoms with Crippen molar-refractivity contribution in [3.63, 3.8) is 0 Å². The Kier molecular flexibility index (Phi) is 15.9. The fraction of sp³-hybridized carbons (Fsp3) is 0.474. The summed E-state index contributed by atoms with van der Waals surface area (Å²) in [5.41, 5.74) is 2.22. The highest BCUT2D eigenvalue weighted by Gasteiger charge is 2.41. The van der Waals surface area contributed by atoms with Gasteiger partial charge in [-0.05, 0) is 52.5 Å². The molecule has 274 valence electrons. The van der Waals surface area contributed by atoms with Crippen LogP contribution < -0.4 is 21.4 Å². The van der Waals surface area contributed by atoms with Gasteiger partial charge in [0.2, 0.25) is 5.91 Å². The van der Waals surface area contributed by atoms with E-state index in [1.165, 1.54) is 7.11 Å². The van der Waals surface area contributed by atoms with Crippen LogP contribution >= 0.6 is 15.9 Å². The third-order valence-electron chi connectivity index (χ3n) is 8.11. The summed E-state index contributed by atoms with van der Waals surface area (Å²) in [7, 11) is 1.23. The number of amides is 4. The number of aliphatic hydroxyl groups is 1. The molecule has 0 aliphatic rings. The van der Waals surface area contributed by atoms with Crippen LogP contribution in [0.15, 0.2) is 72.2 Å². The molecule has 0 bridgehead atoms. The van der Waals surface area contributed by atoms with Crippen molar-refractivity contribution in [3.8, 4) is 0 Å². The lowest BCUT2D eigenvalue weighted by Crippen LogP contribution is -2.59. The number of carbonyl (C=O) groups excluding carboxylic acids is 4. The summed E-state index contributed by atoms with van der Waals surface area (Å²) in [4.78, 5) is 52.9. The first-order valence-corrected chi connectivity index (χ1v) is 17.4. The lowest BCUT2D eigenvalue weighted by Gasteiger charge is -2.35. The smallest absolute Gasteiger partial charge is 0.407 e. The highest BCUT2D eigenvalue weighted by atomic mass is 79.9. The summed E-state index contributed by atoms with van der Waals surface area (Å²) in [5.74, 6) is -1.52. The third-order valence-corrected chi connectivity index (χ3v) is 8.64. The molecule has 50 heavy (non-hydrogen) atoms. The molecule has 0 saturated carbocycles. The normalized spacial score (nSPS) is 14.0. The molecule has 0 fully saturated rings. The zero-order chi connectivity index (χ0) is 37.7. The Morgan fingerprint density at radius 2 is 1.44 bits per heavy atom. The van der Waals surface area contributed by atoms with Crippen molar-refractivity contribution in [1.29, 1.82) is 0 Å². The van der Waals surface area contributed by atoms with E-state index in [1.54, 1.807) is 17.2 Å². The Morgan fingerprint density at radius 1 is 0.880 bits per heavy atom. The minimum atomic E-state index is -1.91. The van der Waals surface area contributed by atoms with Gasteiger partial charge >= 0.3 is 6.09 Å². The van der Waals surface area contributed by atoms with E-state index in [-0.39, 0.29) is 38.3 Å². The Hall–Kier alpha value is -4.00. The van der Waals surface area contributed by atoms with Gasteiger partial charge in [0.1, 0.15) is 17.7 Å². The van der Waals surface area contributed by atoms with Crippen molar-refractivity contribution < 1.29 is 29.0 Å². The van der Waals surface area contributed by atoms with Crippen LogP contribution in [0.1, 0.15) is 71.1 Å². The third kappa shape index (κ3) is 13.4. The molecule has 0 radical (unpaired) electrons. The molecule has 0 aromatic heterocycles. The Labute approximate surface area is 305 Å². The van der Waals surface area contributed by atoms with Crippen molar-refractivity contribution >= 4 is 45.8 Å². The largest absolute Gasteiger partial charge is 0.453 e. The van der Waals surface area contributed by atoms with Crippen LogP contribution in [0.3, 0.4) is 0 Å². The molecular formula is C38H54BrN5O6. The first-order chi connectivity index (χ1) is 23.3. The number of halogens is 1. The first-order valence-electron chi connectivity index (χ1n) is 16.6. The molecule has 0 heterocycles. The number of alkyl carbamates (subject to hydrolysis) is 1. The van der Waals surface area contributed by atoms with Crippen molar-refractivity contribution in [3.05, 3.63) is 88.9 Å². The van der Waals surface area contributed by atoms with Crippen LogP contribution in [0.25, 0.3) is 6.08 Å². The number of hydrazine groups is 1. The zero-order valence-corrected chi connectivity index (χ0v) is 32.0. The van der Waals surface area contributed by atoms with Gasteiger partial charge in [0, 0.05) is 30.5 Å². The van der Waals surface area contributed by atoms with Crippen molar-refractivity contribution in [2.24, 2.45) is 10.8 Å². The summed E-state index contributed by atoms with van der Waals surface area (Å²) in [6, 6.07) is 13.1. The molecule has 0 aliphatic heterocycles. The SMILES string of the molecule is C=CCNC(=O)[C@@H](NC(=O)[C@](O)(CCCN(Cc1ccc(Br)cc1)NC(=O)[C@@H](NC(=O)OC)C(C)(C)C)Cc1ccc(C=C)cc1)C(C)(C)C. The van der Waals surface area contributed by atoms with Crippen molar-refractivity contribution in [2.75, 3.05) is 20.2 Å². The lowest BCUT2D eigenvalue weighted by molar-refractivity contribution is -0.145. The molecule has 11 nitrogen and oxygen atoms in total. The second-order valence-corrected chi connectivity index (χ2v) is 15.4. The molecule has 0 saturated heterocycles. The first kappa shape index (κ1) is 42.2. The zero-order valence-electron chi connectivity index (χ0n) is 30.4. The van der Waals surface area contributed by atoms with Crippen molar-refractivity contribution in [1.82, 2.24) is 26.4 Å². The van der Waals surface area contributed by atoms with Crippen LogP contribution in [0.4, 0.5) is 4.79 Å². The molecule has 0 spiro atoms. The van der Waals surface area contributed by atoms with E-state index < -0.39 is 46.4 Å². The van der Waals surface area contributed by atoms with Gasteiger partial charge < -0.3 is 25.8 Å². The molecular weight excluding hydrogens is 702 g/mol. The maximum atomic E-state index is 14.0. The van der Waals surface area contributed by atoms with Crippen LogP contribution in [0.5, 0.6) is 0 Å². The number of ether oxygens (including phenoxy) is 1. The van der Waals surface area contributed by atoms with E-state index in [2.05, 4.69) is 50.5 Å². The topological polar surface area (TPSA) is 149 Å². The average molecular weight is 757 g/mol. The minimum Gasteiger partial charge on any atom is -0.453 e. The number of benzene rings is 2. The van der Waals surface area contributed by atoms with Gasteiger partial charge in [0.15, 0.2) is 0 Å². The maximum absolute atomic E-state index is 14.0. The van der Waals surface area contributed by atoms with E-state index in [0.29, 0.717) is 6.54 Å². The predicted octanol–water partition coefficient (Wildman–Crippen LogP) is 5.28. The number of nitrogens with zero attached hydrogens (tertiary/aromatic N) is 1. The summed E-state index contributed by atoms with van der Waals surface area (Å²) < 4.78 is 5.66. The second-order valence-electron chi connectivity index (χ2n) is 14.5. The summed E-state index contributed by atoms with van der Waals surface area (Å²) >= 11 is 3.45. The molecule has 12 heteroatoms. The van der Waals surface area contributed by atoms with Gasteiger partial charge in [0.25, 0.3) is 11.8 Å². The summed E-state index contributed by atoms with van der Waals surface area (Å²) in [5, 5.41) is 22.0. The molecule has 3 atom stereocenters. The van der Waals surface area contributed by atoms with E-state index >= 15 is 0 Å². The molecule has 5 N–H and O–H groups in total. The molecule has 2 aromatic carbocycles. The van der Waals surface area contributed by atoms with Gasteiger partial charge in [0.05, 0.1) is 7.11 Å². The predicted molar refractivity (Wildman–Crippen MR) is 200 cm³/mol. The van der Waals surface area contributed by atoms with Crippen LogP contribution in [0, 0.1) is 10.8 Å². The molecule has 0 aliphatic carbocycles. The Morgan fingerprint density at radius 3 is 1.96 bits per heavy atom.